The van der Waals surface area contributed by atoms with Gasteiger partial charge < -0.3 is 14.5 Å². The molecule has 6 heteroatoms. The van der Waals surface area contributed by atoms with Crippen LogP contribution in [-0.4, -0.2) is 30.5 Å². The van der Waals surface area contributed by atoms with Crippen LogP contribution < -0.4 is 5.32 Å². The van der Waals surface area contributed by atoms with Crippen molar-refractivity contribution in [3.8, 4) is 22.8 Å². The molecule has 0 unspecified atom stereocenters. The van der Waals surface area contributed by atoms with Gasteiger partial charge in [-0.2, -0.15) is 0 Å². The van der Waals surface area contributed by atoms with E-state index in [0.717, 1.165) is 24.8 Å². The average Bonchev–Trinajstić information content (AvgIpc) is 3.26. The van der Waals surface area contributed by atoms with E-state index in [9.17, 15) is 9.59 Å². The topological polar surface area (TPSA) is 81.4 Å². The van der Waals surface area contributed by atoms with Gasteiger partial charge in [0.1, 0.15) is 0 Å². The van der Waals surface area contributed by atoms with Gasteiger partial charge in [-0.1, -0.05) is 48.9 Å². The van der Waals surface area contributed by atoms with E-state index in [2.05, 4.69) is 15.0 Å². The summed E-state index contributed by atoms with van der Waals surface area (Å²) in [6.07, 6.45) is 4.46. The molecule has 0 radical (unpaired) electrons. The van der Waals surface area contributed by atoms with Crippen LogP contribution in [0.5, 0.6) is 0 Å². The second-order valence-corrected chi connectivity index (χ2v) is 6.58. The number of hydrogen-bond donors (Lipinski definition) is 1. The Balaban J connectivity index is 1.61. The van der Waals surface area contributed by atoms with Crippen molar-refractivity contribution >= 4 is 11.9 Å². The maximum Gasteiger partial charge on any atom is 0.305 e. The van der Waals surface area contributed by atoms with Crippen molar-refractivity contribution in [3.05, 3.63) is 66.4 Å². The lowest BCUT2D eigenvalue weighted by atomic mass is 10.1. The van der Waals surface area contributed by atoms with Crippen LogP contribution in [0.1, 0.15) is 36.0 Å². The van der Waals surface area contributed by atoms with E-state index >= 15 is 0 Å². The van der Waals surface area contributed by atoms with Crippen LogP contribution in [0, 0.1) is 0 Å². The maximum atomic E-state index is 12.6. The Morgan fingerprint density at radius 3 is 2.55 bits per heavy atom. The van der Waals surface area contributed by atoms with Crippen LogP contribution in [-0.2, 0) is 9.53 Å². The summed E-state index contributed by atoms with van der Waals surface area (Å²) in [7, 11) is 1.39. The van der Waals surface area contributed by atoms with E-state index in [1.54, 1.807) is 12.3 Å². The number of carbonyl (C=O) groups is 2. The molecule has 0 bridgehead atoms. The molecule has 0 aliphatic rings. The number of unbranched alkanes of at least 4 members (excludes halogenated alkanes) is 2. The maximum absolute atomic E-state index is 12.6. The predicted octanol–water partition coefficient (Wildman–Crippen LogP) is 4.47. The largest absolute Gasteiger partial charge is 0.469 e. The number of benzene rings is 2. The van der Waals surface area contributed by atoms with Crippen molar-refractivity contribution < 1.29 is 18.7 Å². The Bertz CT molecular complexity index is 950. The van der Waals surface area contributed by atoms with Gasteiger partial charge in [-0.15, -0.1) is 0 Å². The van der Waals surface area contributed by atoms with Crippen LogP contribution in [0.3, 0.4) is 0 Å². The van der Waals surface area contributed by atoms with Gasteiger partial charge in [0.15, 0.2) is 5.76 Å². The number of amides is 1. The second kappa shape index (κ2) is 10.2. The molecule has 0 saturated heterocycles. The van der Waals surface area contributed by atoms with Crippen molar-refractivity contribution in [2.24, 2.45) is 0 Å². The Hall–Kier alpha value is -3.41. The standard InChI is InChI=1S/C23H24N2O4/c1-28-21(26)14-6-3-9-15-24-22(27)18-12-7-8-13-19(18)23-25-16-20(29-23)17-10-4-2-5-11-17/h2,4-5,7-8,10-13,16H,3,6,9,14-15H2,1H3,(H,24,27). The van der Waals surface area contributed by atoms with E-state index in [0.29, 0.717) is 35.7 Å². The van der Waals surface area contributed by atoms with Gasteiger partial charge >= 0.3 is 5.97 Å². The fraction of sp³-hybridized carbons (Fsp3) is 0.261. The number of hydrogen-bond acceptors (Lipinski definition) is 5. The Morgan fingerprint density at radius 1 is 1.00 bits per heavy atom. The molecule has 1 amide bonds. The molecule has 0 atom stereocenters. The third-order valence-corrected chi connectivity index (χ3v) is 4.54. The minimum Gasteiger partial charge on any atom is -0.469 e. The zero-order valence-electron chi connectivity index (χ0n) is 16.4. The van der Waals surface area contributed by atoms with E-state index in [1.165, 1.54) is 7.11 Å². The van der Waals surface area contributed by atoms with Crippen molar-refractivity contribution in [1.29, 1.82) is 0 Å². The molecule has 3 rings (SSSR count). The summed E-state index contributed by atoms with van der Waals surface area (Å²) in [6.45, 7) is 0.537. The Kier molecular flexibility index (Phi) is 7.16. The number of nitrogens with zero attached hydrogens (tertiary/aromatic N) is 1. The van der Waals surface area contributed by atoms with E-state index in [4.69, 9.17) is 4.42 Å². The number of ether oxygens (including phenoxy) is 1. The normalized spacial score (nSPS) is 10.5. The lowest BCUT2D eigenvalue weighted by Gasteiger charge is -2.08. The van der Waals surface area contributed by atoms with Crippen LogP contribution in [0.25, 0.3) is 22.8 Å². The number of aromatic nitrogens is 1. The fourth-order valence-corrected chi connectivity index (χ4v) is 2.97. The molecule has 1 N–H and O–H groups in total. The monoisotopic (exact) mass is 392 g/mol. The molecule has 3 aromatic rings. The molecule has 0 fully saturated rings. The number of nitrogens with one attached hydrogen (secondary N) is 1. The zero-order chi connectivity index (χ0) is 20.5. The average molecular weight is 392 g/mol. The summed E-state index contributed by atoms with van der Waals surface area (Å²) in [5.74, 6) is 0.686. The molecule has 2 aromatic carbocycles. The molecule has 0 spiro atoms. The molecule has 1 heterocycles. The van der Waals surface area contributed by atoms with E-state index < -0.39 is 0 Å². The SMILES string of the molecule is COC(=O)CCCCCNC(=O)c1ccccc1-c1ncc(-c2ccccc2)o1. The first-order valence-electron chi connectivity index (χ1n) is 9.64. The third-order valence-electron chi connectivity index (χ3n) is 4.54. The van der Waals surface area contributed by atoms with Crippen molar-refractivity contribution in [2.45, 2.75) is 25.7 Å². The molecule has 29 heavy (non-hydrogen) atoms. The van der Waals surface area contributed by atoms with Crippen LogP contribution in [0.15, 0.2) is 65.2 Å². The number of esters is 1. The second-order valence-electron chi connectivity index (χ2n) is 6.58. The summed E-state index contributed by atoms with van der Waals surface area (Å²) in [6, 6.07) is 17.0. The molecule has 6 nitrogen and oxygen atoms in total. The van der Waals surface area contributed by atoms with Crippen LogP contribution in [0.2, 0.25) is 0 Å². The first kappa shape index (κ1) is 20.3. The van der Waals surface area contributed by atoms with Gasteiger partial charge in [-0.05, 0) is 25.0 Å². The summed E-state index contributed by atoms with van der Waals surface area (Å²) in [4.78, 5) is 28.1. The molecule has 0 saturated carbocycles. The quantitative estimate of drug-likeness (QED) is 0.429. The number of oxazole rings is 1. The van der Waals surface area contributed by atoms with Crippen molar-refractivity contribution in [2.75, 3.05) is 13.7 Å². The van der Waals surface area contributed by atoms with Gasteiger partial charge in [0.25, 0.3) is 5.91 Å². The predicted molar refractivity (Wildman–Crippen MR) is 110 cm³/mol. The highest BCUT2D eigenvalue weighted by atomic mass is 16.5. The summed E-state index contributed by atoms with van der Waals surface area (Å²) >= 11 is 0. The molecule has 150 valence electrons. The molecule has 0 aliphatic carbocycles. The number of methoxy groups -OCH3 is 1. The van der Waals surface area contributed by atoms with Gasteiger partial charge in [0.05, 0.1) is 18.9 Å². The third kappa shape index (κ3) is 5.54. The highest BCUT2D eigenvalue weighted by molar-refractivity contribution is 6.00. The Morgan fingerprint density at radius 2 is 1.76 bits per heavy atom. The van der Waals surface area contributed by atoms with Crippen LogP contribution in [0.4, 0.5) is 0 Å². The molecular formula is C23H24N2O4. The molecule has 1 aromatic heterocycles. The van der Waals surface area contributed by atoms with Crippen molar-refractivity contribution in [3.63, 3.8) is 0 Å². The zero-order valence-corrected chi connectivity index (χ0v) is 16.4. The molecular weight excluding hydrogens is 368 g/mol. The van der Waals surface area contributed by atoms with E-state index in [-0.39, 0.29) is 11.9 Å². The lowest BCUT2D eigenvalue weighted by molar-refractivity contribution is -0.140. The fourth-order valence-electron chi connectivity index (χ4n) is 2.97. The first-order chi connectivity index (χ1) is 14.2. The van der Waals surface area contributed by atoms with Gasteiger partial charge in [0.2, 0.25) is 5.89 Å². The minimum absolute atomic E-state index is 0.173. The van der Waals surface area contributed by atoms with E-state index in [1.807, 2.05) is 48.5 Å². The highest BCUT2D eigenvalue weighted by Gasteiger charge is 2.16. The lowest BCUT2D eigenvalue weighted by Crippen LogP contribution is -2.25. The number of carbonyl (C=O) groups excluding carboxylic acids is 2. The van der Waals surface area contributed by atoms with Gasteiger partial charge in [-0.25, -0.2) is 4.98 Å². The van der Waals surface area contributed by atoms with Crippen molar-refractivity contribution in [1.82, 2.24) is 10.3 Å². The summed E-state index contributed by atoms with van der Waals surface area (Å²) in [5, 5.41) is 2.93. The summed E-state index contributed by atoms with van der Waals surface area (Å²) in [5.41, 5.74) is 2.10. The summed E-state index contributed by atoms with van der Waals surface area (Å²) < 4.78 is 10.5. The Labute approximate surface area is 169 Å². The van der Waals surface area contributed by atoms with Gasteiger partial charge in [0, 0.05) is 24.1 Å². The smallest absolute Gasteiger partial charge is 0.305 e. The molecule has 0 aliphatic heterocycles. The number of rotatable bonds is 9. The first-order valence-corrected chi connectivity index (χ1v) is 9.64. The van der Waals surface area contributed by atoms with Gasteiger partial charge in [-0.3, -0.25) is 9.59 Å². The minimum atomic E-state index is -0.205. The highest BCUT2D eigenvalue weighted by Crippen LogP contribution is 2.28. The van der Waals surface area contributed by atoms with Crippen LogP contribution >= 0.6 is 0 Å².